The van der Waals surface area contributed by atoms with E-state index in [9.17, 15) is 14.4 Å². The third-order valence-corrected chi connectivity index (χ3v) is 2.54. The van der Waals surface area contributed by atoms with Crippen molar-refractivity contribution in [3.05, 3.63) is 35.4 Å². The topological polar surface area (TPSA) is 80.7 Å². The lowest BCUT2D eigenvalue weighted by molar-refractivity contribution is -0.166. The van der Waals surface area contributed by atoms with Gasteiger partial charge in [-0.25, -0.2) is 4.79 Å². The molecule has 0 saturated heterocycles. The maximum Gasteiger partial charge on any atom is 0.352 e. The first-order valence-electron chi connectivity index (χ1n) is 5.88. The van der Waals surface area contributed by atoms with Crippen LogP contribution in [-0.2, 0) is 25.5 Å². The number of carbonyl (C=O) groups excluding carboxylic acids is 2. The van der Waals surface area contributed by atoms with Crippen LogP contribution in [0, 0.1) is 6.92 Å². The molecule has 0 saturated carbocycles. The zero-order chi connectivity index (χ0) is 14.4. The van der Waals surface area contributed by atoms with Crippen LogP contribution in [0.25, 0.3) is 0 Å². The van der Waals surface area contributed by atoms with Crippen molar-refractivity contribution in [2.75, 3.05) is 0 Å². The molecule has 0 aromatic heterocycles. The number of hydrogen-bond donors (Lipinski definition) is 1. The minimum absolute atomic E-state index is 0.0215. The molecule has 0 fully saturated rings. The number of hydrogen-bond acceptors (Lipinski definition) is 4. The largest absolute Gasteiger partial charge is 0.478 e. The van der Waals surface area contributed by atoms with Crippen molar-refractivity contribution in [3.63, 3.8) is 0 Å². The van der Waals surface area contributed by atoms with Crippen molar-refractivity contribution < 1.29 is 24.2 Å². The Kier molecular flexibility index (Phi) is 5.23. The fourth-order valence-electron chi connectivity index (χ4n) is 1.69. The first-order valence-corrected chi connectivity index (χ1v) is 5.88. The molecule has 19 heavy (non-hydrogen) atoms. The highest BCUT2D eigenvalue weighted by molar-refractivity contribution is 6.02. The molecule has 0 heterocycles. The van der Waals surface area contributed by atoms with Gasteiger partial charge in [0.05, 0.1) is 0 Å². The number of carboxylic acids is 1. The summed E-state index contributed by atoms with van der Waals surface area (Å²) in [7, 11) is 0. The first-order chi connectivity index (χ1) is 8.90. The summed E-state index contributed by atoms with van der Waals surface area (Å²) in [5.41, 5.74) is 2.01. The summed E-state index contributed by atoms with van der Waals surface area (Å²) in [6, 6.07) is 7.59. The maximum atomic E-state index is 11.7. The molecule has 0 aliphatic rings. The van der Waals surface area contributed by atoms with Crippen LogP contribution in [0.5, 0.6) is 0 Å². The van der Waals surface area contributed by atoms with Gasteiger partial charge < -0.3 is 9.84 Å². The minimum atomic E-state index is -1.71. The standard InChI is InChI=1S/C14H16O5/c1-9-4-3-5-11(8-9)6-7-12(16)13(14(17)18)19-10(2)15/h3-5,8,13H,6-7H2,1-2H3,(H,17,18). The number of ether oxygens (including phenoxy) is 1. The summed E-state index contributed by atoms with van der Waals surface area (Å²) in [5.74, 6) is -2.83. The summed E-state index contributed by atoms with van der Waals surface area (Å²) in [6.45, 7) is 3.01. The molecule has 1 aromatic carbocycles. The minimum Gasteiger partial charge on any atom is -0.478 e. The Morgan fingerprint density at radius 3 is 2.53 bits per heavy atom. The molecule has 0 amide bonds. The van der Waals surface area contributed by atoms with Crippen molar-refractivity contribution in [2.24, 2.45) is 0 Å². The Balaban J connectivity index is 2.62. The smallest absolute Gasteiger partial charge is 0.352 e. The summed E-state index contributed by atoms with van der Waals surface area (Å²) >= 11 is 0. The van der Waals surface area contributed by atoms with Crippen LogP contribution in [0.1, 0.15) is 24.5 Å². The molecule has 1 N–H and O–H groups in total. The lowest BCUT2D eigenvalue weighted by Gasteiger charge is -2.11. The summed E-state index contributed by atoms with van der Waals surface area (Å²) in [4.78, 5) is 33.3. The highest BCUT2D eigenvalue weighted by Gasteiger charge is 2.28. The van der Waals surface area contributed by atoms with Gasteiger partial charge >= 0.3 is 11.9 Å². The van der Waals surface area contributed by atoms with E-state index in [-0.39, 0.29) is 6.42 Å². The maximum absolute atomic E-state index is 11.7. The molecule has 1 rings (SSSR count). The second-order valence-electron chi connectivity index (χ2n) is 4.28. The van der Waals surface area contributed by atoms with Gasteiger partial charge in [0.2, 0.25) is 0 Å². The van der Waals surface area contributed by atoms with Crippen molar-refractivity contribution in [1.82, 2.24) is 0 Å². The molecule has 1 unspecified atom stereocenters. The number of benzene rings is 1. The first kappa shape index (κ1) is 14.9. The number of aryl methyl sites for hydroxylation is 2. The summed E-state index contributed by atoms with van der Waals surface area (Å²) < 4.78 is 4.50. The normalized spacial score (nSPS) is 11.7. The van der Waals surface area contributed by atoms with Crippen molar-refractivity contribution in [2.45, 2.75) is 32.8 Å². The fourth-order valence-corrected chi connectivity index (χ4v) is 1.69. The molecule has 0 spiro atoms. The molecule has 5 heteroatoms. The number of ketones is 1. The van der Waals surface area contributed by atoms with Crippen LogP contribution in [-0.4, -0.2) is 28.9 Å². The van der Waals surface area contributed by atoms with Crippen LogP contribution in [0.2, 0.25) is 0 Å². The van der Waals surface area contributed by atoms with Gasteiger partial charge in [-0.05, 0) is 18.9 Å². The third kappa shape index (κ3) is 4.91. The monoisotopic (exact) mass is 264 g/mol. The van der Waals surface area contributed by atoms with Crippen molar-refractivity contribution in [3.8, 4) is 0 Å². The second kappa shape index (κ2) is 6.68. The van der Waals surface area contributed by atoms with E-state index in [1.54, 1.807) is 0 Å². The van der Waals surface area contributed by atoms with Crippen LogP contribution in [0.3, 0.4) is 0 Å². The van der Waals surface area contributed by atoms with E-state index >= 15 is 0 Å². The lowest BCUT2D eigenvalue weighted by atomic mass is 10.0. The zero-order valence-corrected chi connectivity index (χ0v) is 10.9. The highest BCUT2D eigenvalue weighted by atomic mass is 16.6. The van der Waals surface area contributed by atoms with Gasteiger partial charge in [0.1, 0.15) is 0 Å². The molecule has 5 nitrogen and oxygen atoms in total. The quantitative estimate of drug-likeness (QED) is 0.622. The van der Waals surface area contributed by atoms with Crippen LogP contribution in [0.15, 0.2) is 24.3 Å². The number of carbonyl (C=O) groups is 3. The van der Waals surface area contributed by atoms with E-state index in [2.05, 4.69) is 4.74 Å². The molecule has 102 valence electrons. The third-order valence-electron chi connectivity index (χ3n) is 2.54. The molecule has 1 aromatic rings. The number of carboxylic acid groups (broad SMARTS) is 1. The Hall–Kier alpha value is -2.17. The average Bonchev–Trinajstić information content (AvgIpc) is 2.32. The highest BCUT2D eigenvalue weighted by Crippen LogP contribution is 2.09. The molecular formula is C14H16O5. The SMILES string of the molecule is CC(=O)OC(C(=O)O)C(=O)CCc1cccc(C)c1. The summed E-state index contributed by atoms with van der Waals surface area (Å²) in [6.07, 6.45) is -1.26. The molecule has 0 aliphatic heterocycles. The van der Waals surface area contributed by atoms with E-state index < -0.39 is 23.8 Å². The van der Waals surface area contributed by atoms with Gasteiger partial charge in [-0.2, -0.15) is 0 Å². The van der Waals surface area contributed by atoms with Gasteiger partial charge in [-0.3, -0.25) is 9.59 Å². The van der Waals surface area contributed by atoms with Crippen molar-refractivity contribution in [1.29, 1.82) is 0 Å². The lowest BCUT2D eigenvalue weighted by Crippen LogP contribution is -2.34. The van der Waals surface area contributed by atoms with Gasteiger partial charge in [0.25, 0.3) is 6.10 Å². The predicted molar refractivity (Wildman–Crippen MR) is 67.7 cm³/mol. The van der Waals surface area contributed by atoms with E-state index in [1.165, 1.54) is 0 Å². The molecule has 0 radical (unpaired) electrons. The van der Waals surface area contributed by atoms with Crippen molar-refractivity contribution >= 4 is 17.7 Å². The van der Waals surface area contributed by atoms with Gasteiger partial charge in [0, 0.05) is 13.3 Å². The average molecular weight is 264 g/mol. The molecule has 1 atom stereocenters. The van der Waals surface area contributed by atoms with E-state index in [0.717, 1.165) is 18.1 Å². The number of esters is 1. The number of rotatable bonds is 6. The number of aliphatic carboxylic acids is 1. The van der Waals surface area contributed by atoms with Crippen LogP contribution < -0.4 is 0 Å². The molecule has 0 aliphatic carbocycles. The fraction of sp³-hybridized carbons (Fsp3) is 0.357. The van der Waals surface area contributed by atoms with Crippen LogP contribution >= 0.6 is 0 Å². The van der Waals surface area contributed by atoms with Gasteiger partial charge in [0.15, 0.2) is 5.78 Å². The van der Waals surface area contributed by atoms with E-state index in [4.69, 9.17) is 5.11 Å². The van der Waals surface area contributed by atoms with E-state index in [0.29, 0.717) is 6.42 Å². The Morgan fingerprint density at radius 2 is 2.00 bits per heavy atom. The zero-order valence-electron chi connectivity index (χ0n) is 10.9. The Labute approximate surface area is 111 Å². The molecule has 0 bridgehead atoms. The predicted octanol–water partition coefficient (Wildman–Crippen LogP) is 1.51. The molecular weight excluding hydrogens is 248 g/mol. The summed E-state index contributed by atoms with van der Waals surface area (Å²) in [5, 5.41) is 8.84. The van der Waals surface area contributed by atoms with Gasteiger partial charge in [-0.15, -0.1) is 0 Å². The van der Waals surface area contributed by atoms with Gasteiger partial charge in [-0.1, -0.05) is 29.8 Å². The Bertz CT molecular complexity index is 492. The Morgan fingerprint density at radius 1 is 1.32 bits per heavy atom. The number of Topliss-reactive ketones (excluding diaryl/α,β-unsaturated/α-hetero) is 1. The second-order valence-corrected chi connectivity index (χ2v) is 4.28. The van der Waals surface area contributed by atoms with Crippen LogP contribution in [0.4, 0.5) is 0 Å². The van der Waals surface area contributed by atoms with E-state index in [1.807, 2.05) is 31.2 Å².